The minimum Gasteiger partial charge on any atom is -0.387 e. The van der Waals surface area contributed by atoms with E-state index in [4.69, 9.17) is 0 Å². The molecule has 0 saturated heterocycles. The first-order chi connectivity index (χ1) is 10.7. The molecule has 3 aromatic rings. The fourth-order valence-electron chi connectivity index (χ4n) is 2.59. The second kappa shape index (κ2) is 6.69. The summed E-state index contributed by atoms with van der Waals surface area (Å²) in [5.41, 5.74) is 2.11. The summed E-state index contributed by atoms with van der Waals surface area (Å²) < 4.78 is 0. The molecule has 0 spiro atoms. The van der Waals surface area contributed by atoms with E-state index < -0.39 is 6.10 Å². The van der Waals surface area contributed by atoms with E-state index in [1.165, 1.54) is 10.9 Å². The number of benzene rings is 2. The molecule has 0 radical (unpaired) electrons. The van der Waals surface area contributed by atoms with Crippen molar-refractivity contribution in [3.8, 4) is 0 Å². The van der Waals surface area contributed by atoms with Crippen LogP contribution in [0.1, 0.15) is 30.2 Å². The summed E-state index contributed by atoms with van der Waals surface area (Å²) in [5.74, 6) is 0. The maximum Gasteiger partial charge on any atom is 0.0914 e. The monoisotopic (exact) mass is 292 g/mol. The van der Waals surface area contributed by atoms with Crippen molar-refractivity contribution in [1.82, 2.24) is 10.3 Å². The Morgan fingerprint density at radius 3 is 2.45 bits per heavy atom. The van der Waals surface area contributed by atoms with Gasteiger partial charge in [-0.3, -0.25) is 4.98 Å². The number of pyridine rings is 1. The minimum atomic E-state index is -0.520. The molecule has 2 atom stereocenters. The van der Waals surface area contributed by atoms with Crippen LogP contribution in [0.5, 0.6) is 0 Å². The minimum absolute atomic E-state index is 0.179. The number of nitrogens with one attached hydrogen (secondary N) is 1. The topological polar surface area (TPSA) is 45.1 Å². The number of aromatic nitrogens is 1. The van der Waals surface area contributed by atoms with Gasteiger partial charge in [0.2, 0.25) is 0 Å². The summed E-state index contributed by atoms with van der Waals surface area (Å²) in [5, 5.41) is 16.1. The van der Waals surface area contributed by atoms with Crippen molar-refractivity contribution in [3.63, 3.8) is 0 Å². The van der Waals surface area contributed by atoms with E-state index in [0.717, 1.165) is 10.9 Å². The van der Waals surface area contributed by atoms with Gasteiger partial charge in [-0.2, -0.15) is 0 Å². The van der Waals surface area contributed by atoms with E-state index in [9.17, 15) is 5.11 Å². The van der Waals surface area contributed by atoms with E-state index in [1.54, 1.807) is 12.4 Å². The van der Waals surface area contributed by atoms with Gasteiger partial charge in [0, 0.05) is 25.0 Å². The van der Waals surface area contributed by atoms with Crippen molar-refractivity contribution in [2.24, 2.45) is 0 Å². The van der Waals surface area contributed by atoms with Crippen LogP contribution in [0.3, 0.4) is 0 Å². The van der Waals surface area contributed by atoms with Crippen molar-refractivity contribution in [2.45, 2.75) is 19.1 Å². The molecule has 0 amide bonds. The lowest BCUT2D eigenvalue weighted by atomic mass is 10.0. The Morgan fingerprint density at radius 1 is 0.955 bits per heavy atom. The summed E-state index contributed by atoms with van der Waals surface area (Å²) in [6.07, 6.45) is 3.05. The SMILES string of the molecule is CC(NCC(O)c1ccc2ccccc2c1)c1ccncc1. The third kappa shape index (κ3) is 3.32. The molecular weight excluding hydrogens is 272 g/mol. The highest BCUT2D eigenvalue weighted by atomic mass is 16.3. The van der Waals surface area contributed by atoms with Crippen LogP contribution in [-0.4, -0.2) is 16.6 Å². The van der Waals surface area contributed by atoms with Gasteiger partial charge in [0.15, 0.2) is 0 Å². The Balaban J connectivity index is 1.67. The zero-order valence-corrected chi connectivity index (χ0v) is 12.6. The van der Waals surface area contributed by atoms with E-state index in [0.29, 0.717) is 6.54 Å². The van der Waals surface area contributed by atoms with Gasteiger partial charge in [0.1, 0.15) is 0 Å². The quantitative estimate of drug-likeness (QED) is 0.755. The largest absolute Gasteiger partial charge is 0.387 e. The number of fused-ring (bicyclic) bond motifs is 1. The first kappa shape index (κ1) is 14.7. The van der Waals surface area contributed by atoms with Gasteiger partial charge < -0.3 is 10.4 Å². The number of rotatable bonds is 5. The van der Waals surface area contributed by atoms with Crippen molar-refractivity contribution < 1.29 is 5.11 Å². The first-order valence-electron chi connectivity index (χ1n) is 7.54. The Bertz CT molecular complexity index is 743. The normalized spacial score (nSPS) is 13.9. The Hall–Kier alpha value is -2.23. The predicted molar refractivity (Wildman–Crippen MR) is 89.6 cm³/mol. The molecule has 0 saturated carbocycles. The standard InChI is InChI=1S/C19H20N2O/c1-14(15-8-10-20-11-9-15)21-13-19(22)18-7-6-16-4-2-3-5-17(16)12-18/h2-12,14,19,21-22H,13H2,1H3. The lowest BCUT2D eigenvalue weighted by Gasteiger charge is -2.18. The lowest BCUT2D eigenvalue weighted by molar-refractivity contribution is 0.171. The van der Waals surface area contributed by atoms with Crippen molar-refractivity contribution in [3.05, 3.63) is 78.1 Å². The van der Waals surface area contributed by atoms with Crippen LogP contribution in [0.15, 0.2) is 67.0 Å². The number of hydrogen-bond donors (Lipinski definition) is 2. The summed E-state index contributed by atoms with van der Waals surface area (Å²) in [6.45, 7) is 2.60. The van der Waals surface area contributed by atoms with Gasteiger partial charge in [-0.25, -0.2) is 0 Å². The molecule has 3 heteroatoms. The van der Waals surface area contributed by atoms with Crippen molar-refractivity contribution in [2.75, 3.05) is 6.54 Å². The van der Waals surface area contributed by atoms with Crippen LogP contribution in [0.25, 0.3) is 10.8 Å². The zero-order valence-electron chi connectivity index (χ0n) is 12.6. The molecule has 0 bridgehead atoms. The average Bonchev–Trinajstić information content (AvgIpc) is 2.59. The highest BCUT2D eigenvalue weighted by Gasteiger charge is 2.11. The van der Waals surface area contributed by atoms with E-state index in [1.807, 2.05) is 30.3 Å². The Kier molecular flexibility index (Phi) is 4.47. The predicted octanol–water partition coefficient (Wildman–Crippen LogP) is 3.62. The maximum atomic E-state index is 10.4. The smallest absolute Gasteiger partial charge is 0.0914 e. The number of aliphatic hydroxyl groups excluding tert-OH is 1. The van der Waals surface area contributed by atoms with Crippen molar-refractivity contribution in [1.29, 1.82) is 0 Å². The van der Waals surface area contributed by atoms with Crippen molar-refractivity contribution >= 4 is 10.8 Å². The van der Waals surface area contributed by atoms with Crippen LogP contribution in [0.2, 0.25) is 0 Å². The molecular formula is C19H20N2O. The fourth-order valence-corrected chi connectivity index (χ4v) is 2.59. The van der Waals surface area contributed by atoms with Crippen LogP contribution in [0.4, 0.5) is 0 Å². The molecule has 0 aliphatic rings. The van der Waals surface area contributed by atoms with Crippen LogP contribution in [-0.2, 0) is 0 Å². The van der Waals surface area contributed by atoms with E-state index in [-0.39, 0.29) is 6.04 Å². The second-order valence-corrected chi connectivity index (χ2v) is 5.53. The molecule has 22 heavy (non-hydrogen) atoms. The number of aliphatic hydroxyl groups is 1. The van der Waals surface area contributed by atoms with Gasteiger partial charge >= 0.3 is 0 Å². The molecule has 0 aliphatic heterocycles. The molecule has 2 N–H and O–H groups in total. The summed E-state index contributed by atoms with van der Waals surface area (Å²) in [6, 6.07) is 18.4. The molecule has 3 nitrogen and oxygen atoms in total. The van der Waals surface area contributed by atoms with E-state index in [2.05, 4.69) is 41.5 Å². The molecule has 2 aromatic carbocycles. The van der Waals surface area contributed by atoms with E-state index >= 15 is 0 Å². The van der Waals surface area contributed by atoms with Gasteiger partial charge in [-0.1, -0.05) is 36.4 Å². The highest BCUT2D eigenvalue weighted by Crippen LogP contribution is 2.21. The zero-order chi connectivity index (χ0) is 15.4. The van der Waals surface area contributed by atoms with Crippen LogP contribution >= 0.6 is 0 Å². The third-order valence-electron chi connectivity index (χ3n) is 3.98. The second-order valence-electron chi connectivity index (χ2n) is 5.53. The summed E-state index contributed by atoms with van der Waals surface area (Å²) >= 11 is 0. The highest BCUT2D eigenvalue weighted by molar-refractivity contribution is 5.83. The molecule has 0 aliphatic carbocycles. The van der Waals surface area contributed by atoms with Gasteiger partial charge in [0.25, 0.3) is 0 Å². The van der Waals surface area contributed by atoms with Gasteiger partial charge in [-0.05, 0) is 47.0 Å². The molecule has 0 fully saturated rings. The first-order valence-corrected chi connectivity index (χ1v) is 7.54. The molecule has 2 unspecified atom stereocenters. The molecule has 1 aromatic heterocycles. The van der Waals surface area contributed by atoms with Crippen LogP contribution < -0.4 is 5.32 Å². The Morgan fingerprint density at radius 2 is 1.68 bits per heavy atom. The number of hydrogen-bond acceptors (Lipinski definition) is 3. The number of nitrogens with zero attached hydrogens (tertiary/aromatic N) is 1. The molecule has 112 valence electrons. The van der Waals surface area contributed by atoms with Gasteiger partial charge in [-0.15, -0.1) is 0 Å². The van der Waals surface area contributed by atoms with Gasteiger partial charge in [0.05, 0.1) is 6.10 Å². The Labute approximate surface area is 130 Å². The van der Waals surface area contributed by atoms with Crippen LogP contribution in [0, 0.1) is 0 Å². The third-order valence-corrected chi connectivity index (χ3v) is 3.98. The lowest BCUT2D eigenvalue weighted by Crippen LogP contribution is -2.24. The summed E-state index contributed by atoms with van der Waals surface area (Å²) in [7, 11) is 0. The maximum absolute atomic E-state index is 10.4. The fraction of sp³-hybridized carbons (Fsp3) is 0.211. The summed E-state index contributed by atoms with van der Waals surface area (Å²) in [4.78, 5) is 4.02. The molecule has 3 rings (SSSR count). The average molecular weight is 292 g/mol. The molecule has 1 heterocycles.